The summed E-state index contributed by atoms with van der Waals surface area (Å²) in [5, 5.41) is 3.76. The summed E-state index contributed by atoms with van der Waals surface area (Å²) in [5.41, 5.74) is 8.89. The molecule has 0 saturated carbocycles. The molecule has 0 radical (unpaired) electrons. The summed E-state index contributed by atoms with van der Waals surface area (Å²) >= 11 is 0. The van der Waals surface area contributed by atoms with Gasteiger partial charge >= 0.3 is 0 Å². The van der Waals surface area contributed by atoms with Crippen LogP contribution in [0.5, 0.6) is 0 Å². The zero-order chi connectivity index (χ0) is 25.3. The second-order valence-electron chi connectivity index (χ2n) is 11.4. The second-order valence-corrected chi connectivity index (χ2v) is 11.4. The second kappa shape index (κ2) is 10.3. The van der Waals surface area contributed by atoms with E-state index in [0.29, 0.717) is 30.0 Å². The van der Waals surface area contributed by atoms with Gasteiger partial charge in [0.15, 0.2) is 0 Å². The summed E-state index contributed by atoms with van der Waals surface area (Å²) in [7, 11) is 0. The minimum atomic E-state index is 0.379. The predicted octanol–water partition coefficient (Wildman–Crippen LogP) is 7.85. The normalized spacial score (nSPS) is 33.1. The zero-order valence-electron chi connectivity index (χ0n) is 22.2. The largest absolute Gasteiger partial charge is 0.379 e. The van der Waals surface area contributed by atoms with E-state index in [-0.39, 0.29) is 0 Å². The Morgan fingerprint density at radius 1 is 0.684 bits per heavy atom. The van der Waals surface area contributed by atoms with E-state index in [1.165, 1.54) is 29.0 Å². The van der Waals surface area contributed by atoms with E-state index in [1.807, 2.05) is 0 Å². The standard InChI is InChI=1S/C36H38N2/c1-3-9-26(10-4-1)27-15-20-30(21-16-27)37-31-22-17-28(18-23-31)29-19-24-36-34(25-29)33-13-7-8-14-35(33)38(36)32-11-5-2-6-12-32/h1-6,8-9,11,14-17,19-20,22-23,25-26,28,30,32,36-37H,7,10,12-13,18,21,24H2. The molecule has 5 atom stereocenters. The quantitative estimate of drug-likeness (QED) is 0.415. The Hall–Kier alpha value is -3.52. The molecule has 1 aliphatic heterocycles. The SMILES string of the molecule is C1=CCC(C2=CCC(NC3=CCC(C4=CCC5C(=C4)C4=C(C=CCC4)N5C4C=CC=CC4)C=C3)C=C2)C=C1. The van der Waals surface area contributed by atoms with Crippen molar-refractivity contribution in [3.8, 4) is 0 Å². The monoisotopic (exact) mass is 498 g/mol. The maximum Gasteiger partial charge on any atom is 0.0587 e. The number of allylic oxidation sites excluding steroid dienone is 15. The molecule has 38 heavy (non-hydrogen) atoms. The fourth-order valence-corrected chi connectivity index (χ4v) is 7.09. The zero-order valence-corrected chi connectivity index (χ0v) is 22.2. The van der Waals surface area contributed by atoms with Gasteiger partial charge < -0.3 is 10.2 Å². The van der Waals surface area contributed by atoms with Gasteiger partial charge in [-0.1, -0.05) is 97.2 Å². The van der Waals surface area contributed by atoms with Gasteiger partial charge in [-0.2, -0.15) is 0 Å². The Morgan fingerprint density at radius 3 is 2.32 bits per heavy atom. The molecule has 7 aliphatic rings. The van der Waals surface area contributed by atoms with Gasteiger partial charge in [-0.25, -0.2) is 0 Å². The van der Waals surface area contributed by atoms with Crippen LogP contribution in [-0.4, -0.2) is 23.0 Å². The van der Waals surface area contributed by atoms with Gasteiger partial charge in [0.1, 0.15) is 0 Å². The molecule has 0 aromatic rings. The lowest BCUT2D eigenvalue weighted by Gasteiger charge is -2.37. The topological polar surface area (TPSA) is 15.3 Å². The molecule has 7 rings (SSSR count). The molecule has 6 aliphatic carbocycles. The first-order chi connectivity index (χ1) is 18.8. The lowest BCUT2D eigenvalue weighted by atomic mass is 9.82. The Labute approximate surface area is 228 Å². The van der Waals surface area contributed by atoms with E-state index in [0.717, 1.165) is 38.5 Å². The summed E-state index contributed by atoms with van der Waals surface area (Å²) in [6.45, 7) is 0. The molecule has 0 saturated heterocycles. The third-order valence-corrected chi connectivity index (χ3v) is 9.10. The summed E-state index contributed by atoms with van der Waals surface area (Å²) < 4.78 is 0. The van der Waals surface area contributed by atoms with E-state index in [1.54, 1.807) is 11.1 Å². The highest BCUT2D eigenvalue weighted by molar-refractivity contribution is 5.56. The fraction of sp³-hybridized carbons (Fsp3) is 0.333. The van der Waals surface area contributed by atoms with Crippen LogP contribution in [0.4, 0.5) is 0 Å². The van der Waals surface area contributed by atoms with Crippen LogP contribution in [0.25, 0.3) is 0 Å². The summed E-state index contributed by atoms with van der Waals surface area (Å²) in [4.78, 5) is 2.71. The smallest absolute Gasteiger partial charge is 0.0587 e. The molecule has 1 heterocycles. The van der Waals surface area contributed by atoms with Gasteiger partial charge in [-0.05, 0) is 79.4 Å². The third-order valence-electron chi connectivity index (χ3n) is 9.10. The molecular weight excluding hydrogens is 460 g/mol. The number of nitrogens with zero attached hydrogens (tertiary/aromatic N) is 1. The van der Waals surface area contributed by atoms with Crippen LogP contribution in [0.15, 0.2) is 143 Å². The molecule has 2 nitrogen and oxygen atoms in total. The highest BCUT2D eigenvalue weighted by Crippen LogP contribution is 2.46. The van der Waals surface area contributed by atoms with Crippen molar-refractivity contribution in [1.82, 2.24) is 10.2 Å². The van der Waals surface area contributed by atoms with Gasteiger partial charge in [0.2, 0.25) is 0 Å². The van der Waals surface area contributed by atoms with E-state index in [4.69, 9.17) is 0 Å². The first kappa shape index (κ1) is 23.6. The molecule has 0 amide bonds. The number of hydrogen-bond donors (Lipinski definition) is 1. The van der Waals surface area contributed by atoms with Crippen LogP contribution in [0.2, 0.25) is 0 Å². The van der Waals surface area contributed by atoms with E-state index in [9.17, 15) is 0 Å². The molecule has 0 bridgehead atoms. The van der Waals surface area contributed by atoms with E-state index < -0.39 is 0 Å². The van der Waals surface area contributed by atoms with Crippen LogP contribution < -0.4 is 5.32 Å². The maximum absolute atomic E-state index is 3.76. The molecule has 192 valence electrons. The highest BCUT2D eigenvalue weighted by Gasteiger charge is 2.39. The van der Waals surface area contributed by atoms with Crippen LogP contribution in [0.1, 0.15) is 44.9 Å². The van der Waals surface area contributed by atoms with Crippen molar-refractivity contribution in [3.05, 3.63) is 143 Å². The van der Waals surface area contributed by atoms with Gasteiger partial charge in [0.25, 0.3) is 0 Å². The predicted molar refractivity (Wildman–Crippen MR) is 159 cm³/mol. The number of nitrogens with one attached hydrogen (secondary N) is 1. The number of hydrogen-bond acceptors (Lipinski definition) is 2. The molecule has 5 unspecified atom stereocenters. The molecule has 2 heteroatoms. The Morgan fingerprint density at radius 2 is 1.55 bits per heavy atom. The molecule has 0 aromatic carbocycles. The van der Waals surface area contributed by atoms with Crippen molar-refractivity contribution in [1.29, 1.82) is 0 Å². The average Bonchev–Trinajstić information content (AvgIpc) is 3.33. The molecule has 0 fully saturated rings. The minimum absolute atomic E-state index is 0.379. The van der Waals surface area contributed by atoms with Crippen molar-refractivity contribution >= 4 is 0 Å². The summed E-state index contributed by atoms with van der Waals surface area (Å²) in [6.07, 6.45) is 49.9. The minimum Gasteiger partial charge on any atom is -0.379 e. The fourth-order valence-electron chi connectivity index (χ4n) is 7.09. The Balaban J connectivity index is 1.00. The third kappa shape index (κ3) is 4.51. The van der Waals surface area contributed by atoms with Crippen LogP contribution in [0, 0.1) is 11.8 Å². The van der Waals surface area contributed by atoms with Crippen molar-refractivity contribution in [2.75, 3.05) is 0 Å². The van der Waals surface area contributed by atoms with Crippen molar-refractivity contribution in [2.45, 2.75) is 63.1 Å². The van der Waals surface area contributed by atoms with E-state index in [2.05, 4.69) is 120 Å². The first-order valence-corrected chi connectivity index (χ1v) is 14.6. The number of rotatable bonds is 5. The lowest BCUT2D eigenvalue weighted by molar-refractivity contribution is 0.261. The van der Waals surface area contributed by atoms with Crippen molar-refractivity contribution in [2.24, 2.45) is 11.8 Å². The molecule has 0 aromatic heterocycles. The Kier molecular flexibility index (Phi) is 6.41. The van der Waals surface area contributed by atoms with Crippen LogP contribution in [0.3, 0.4) is 0 Å². The summed E-state index contributed by atoms with van der Waals surface area (Å²) in [6, 6.07) is 1.34. The van der Waals surface area contributed by atoms with Gasteiger partial charge in [-0.15, -0.1) is 0 Å². The molecule has 1 N–H and O–H groups in total. The maximum atomic E-state index is 3.76. The lowest BCUT2D eigenvalue weighted by Crippen LogP contribution is -2.39. The molecular formula is C36H38N2. The average molecular weight is 499 g/mol. The highest BCUT2D eigenvalue weighted by atomic mass is 15.2. The Bertz CT molecular complexity index is 1340. The van der Waals surface area contributed by atoms with Crippen molar-refractivity contribution in [3.63, 3.8) is 0 Å². The van der Waals surface area contributed by atoms with Crippen LogP contribution in [-0.2, 0) is 0 Å². The van der Waals surface area contributed by atoms with Gasteiger partial charge in [-0.3, -0.25) is 0 Å². The molecule has 0 spiro atoms. The van der Waals surface area contributed by atoms with Crippen LogP contribution >= 0.6 is 0 Å². The van der Waals surface area contributed by atoms with E-state index >= 15 is 0 Å². The first-order valence-electron chi connectivity index (χ1n) is 14.6. The van der Waals surface area contributed by atoms with Gasteiger partial charge in [0.05, 0.1) is 12.1 Å². The van der Waals surface area contributed by atoms with Crippen molar-refractivity contribution < 1.29 is 0 Å². The summed E-state index contributed by atoms with van der Waals surface area (Å²) in [5.74, 6) is 1.02. The number of fused-ring (bicyclic) bond motifs is 2. The van der Waals surface area contributed by atoms with Gasteiger partial charge in [0, 0.05) is 29.3 Å².